The zero-order chi connectivity index (χ0) is 13.8. The van der Waals surface area contributed by atoms with Gasteiger partial charge in [-0.2, -0.15) is 0 Å². The van der Waals surface area contributed by atoms with E-state index in [0.717, 1.165) is 12.4 Å². The van der Waals surface area contributed by atoms with Gasteiger partial charge in [0.15, 0.2) is 0 Å². The summed E-state index contributed by atoms with van der Waals surface area (Å²) in [4.78, 5) is 0. The van der Waals surface area contributed by atoms with Gasteiger partial charge in [-0.15, -0.1) is 0 Å². The zero-order valence-corrected chi connectivity index (χ0v) is 11.9. The van der Waals surface area contributed by atoms with E-state index in [1.807, 2.05) is 0 Å². The summed E-state index contributed by atoms with van der Waals surface area (Å²) < 4.78 is 11.1. The van der Waals surface area contributed by atoms with Crippen LogP contribution in [0.5, 0.6) is 5.75 Å². The molecule has 2 nitrogen and oxygen atoms in total. The fourth-order valence-electron chi connectivity index (χ4n) is 4.05. The van der Waals surface area contributed by atoms with E-state index in [9.17, 15) is 0 Å². The summed E-state index contributed by atoms with van der Waals surface area (Å²) in [7, 11) is 0. The van der Waals surface area contributed by atoms with E-state index < -0.39 is 0 Å². The number of rotatable bonds is 3. The van der Waals surface area contributed by atoms with Gasteiger partial charge in [-0.3, -0.25) is 0 Å². The first-order valence-electron chi connectivity index (χ1n) is 7.87. The van der Waals surface area contributed by atoms with Gasteiger partial charge >= 0.3 is 0 Å². The van der Waals surface area contributed by atoms with Crippen LogP contribution < -0.4 is 4.74 Å². The summed E-state index contributed by atoms with van der Waals surface area (Å²) in [6.45, 7) is 1.53. The van der Waals surface area contributed by atoms with Crippen molar-refractivity contribution in [2.45, 2.75) is 30.8 Å². The Bertz CT molecular complexity index is 702. The normalized spacial score (nSPS) is 27.9. The molecule has 4 aliphatic rings. The molecule has 2 aromatic rings. The fraction of sp³-hybridized carbons (Fsp3) is 0.368. The quantitative estimate of drug-likeness (QED) is 0.796. The zero-order valence-electron chi connectivity index (χ0n) is 11.9. The SMILES string of the molecule is c1ccc2c(c1)C1CCC2c2cc(OCC3CO3)ccc21. The molecule has 1 fully saturated rings. The molecule has 3 atom stereocenters. The Morgan fingerprint density at radius 3 is 2.29 bits per heavy atom. The molecular weight excluding hydrogens is 260 g/mol. The lowest BCUT2D eigenvalue weighted by atomic mass is 9.64. The monoisotopic (exact) mass is 278 g/mol. The second-order valence-corrected chi connectivity index (χ2v) is 6.37. The van der Waals surface area contributed by atoms with E-state index in [1.165, 1.54) is 29.5 Å². The third-order valence-electron chi connectivity index (χ3n) is 5.14. The highest BCUT2D eigenvalue weighted by Crippen LogP contribution is 2.53. The minimum Gasteiger partial charge on any atom is -0.491 e. The van der Waals surface area contributed by atoms with E-state index in [4.69, 9.17) is 9.47 Å². The molecule has 0 spiro atoms. The highest BCUT2D eigenvalue weighted by molar-refractivity contribution is 5.56. The van der Waals surface area contributed by atoms with Crippen molar-refractivity contribution in [3.8, 4) is 5.75 Å². The third-order valence-corrected chi connectivity index (χ3v) is 5.14. The van der Waals surface area contributed by atoms with E-state index in [0.29, 0.717) is 24.5 Å². The van der Waals surface area contributed by atoms with Crippen molar-refractivity contribution in [1.29, 1.82) is 0 Å². The van der Waals surface area contributed by atoms with Crippen LogP contribution in [0, 0.1) is 0 Å². The average Bonchev–Trinajstić information content (AvgIpc) is 3.38. The van der Waals surface area contributed by atoms with Crippen LogP contribution in [0.3, 0.4) is 0 Å². The number of hydrogen-bond donors (Lipinski definition) is 0. The molecule has 2 bridgehead atoms. The summed E-state index contributed by atoms with van der Waals surface area (Å²) >= 11 is 0. The summed E-state index contributed by atoms with van der Waals surface area (Å²) in [6, 6.07) is 15.6. The van der Waals surface area contributed by atoms with Gasteiger partial charge < -0.3 is 9.47 Å². The Morgan fingerprint density at radius 1 is 0.905 bits per heavy atom. The Hall–Kier alpha value is -1.80. The van der Waals surface area contributed by atoms with Gasteiger partial charge in [0, 0.05) is 11.8 Å². The maximum Gasteiger partial charge on any atom is 0.119 e. The first kappa shape index (κ1) is 11.8. The van der Waals surface area contributed by atoms with Crippen molar-refractivity contribution in [2.24, 2.45) is 0 Å². The van der Waals surface area contributed by atoms with Crippen LogP contribution in [-0.2, 0) is 4.74 Å². The number of ether oxygens (including phenoxy) is 2. The van der Waals surface area contributed by atoms with Gasteiger partial charge in [0.05, 0.1) is 6.61 Å². The topological polar surface area (TPSA) is 21.8 Å². The Labute approximate surface area is 124 Å². The van der Waals surface area contributed by atoms with E-state index in [2.05, 4.69) is 42.5 Å². The molecule has 0 aromatic heterocycles. The number of benzene rings is 2. The van der Waals surface area contributed by atoms with Crippen molar-refractivity contribution in [1.82, 2.24) is 0 Å². The van der Waals surface area contributed by atoms with Crippen molar-refractivity contribution >= 4 is 0 Å². The lowest BCUT2D eigenvalue weighted by Crippen LogP contribution is -2.24. The second-order valence-electron chi connectivity index (χ2n) is 6.37. The standard InChI is InChI=1S/C19H18O2/c1-2-4-15-14(3-1)16-7-8-18(15)19-9-12(5-6-17(16)19)20-10-13-11-21-13/h1-6,9,13,16,18H,7-8,10-11H2. The molecule has 2 heteroatoms. The molecule has 3 aliphatic carbocycles. The molecule has 1 aliphatic heterocycles. The van der Waals surface area contributed by atoms with Gasteiger partial charge in [-0.1, -0.05) is 30.3 Å². The molecule has 0 N–H and O–H groups in total. The summed E-state index contributed by atoms with van der Waals surface area (Å²) in [5.41, 5.74) is 6.07. The predicted octanol–water partition coefficient (Wildman–Crippen LogP) is 3.84. The number of hydrogen-bond acceptors (Lipinski definition) is 2. The summed E-state index contributed by atoms with van der Waals surface area (Å²) in [5, 5.41) is 0. The Morgan fingerprint density at radius 2 is 1.57 bits per heavy atom. The molecular formula is C19H18O2. The number of fused-ring (bicyclic) bond motifs is 1. The number of epoxide rings is 1. The van der Waals surface area contributed by atoms with Crippen molar-refractivity contribution in [2.75, 3.05) is 13.2 Å². The van der Waals surface area contributed by atoms with Crippen LogP contribution in [0.15, 0.2) is 42.5 Å². The fourth-order valence-corrected chi connectivity index (χ4v) is 4.05. The average molecular weight is 278 g/mol. The minimum atomic E-state index is 0.318. The molecule has 21 heavy (non-hydrogen) atoms. The highest BCUT2D eigenvalue weighted by atomic mass is 16.6. The molecule has 3 unspecified atom stereocenters. The Kier molecular flexibility index (Phi) is 2.45. The predicted molar refractivity (Wildman–Crippen MR) is 81.0 cm³/mol. The largest absolute Gasteiger partial charge is 0.491 e. The first-order valence-corrected chi connectivity index (χ1v) is 7.87. The smallest absolute Gasteiger partial charge is 0.119 e. The molecule has 0 amide bonds. The third kappa shape index (κ3) is 1.82. The second kappa shape index (κ2) is 4.35. The van der Waals surface area contributed by atoms with E-state index in [-0.39, 0.29) is 0 Å². The van der Waals surface area contributed by atoms with E-state index >= 15 is 0 Å². The van der Waals surface area contributed by atoms with Crippen LogP contribution in [0.4, 0.5) is 0 Å². The van der Waals surface area contributed by atoms with Gasteiger partial charge in [0.25, 0.3) is 0 Å². The highest BCUT2D eigenvalue weighted by Gasteiger charge is 2.37. The van der Waals surface area contributed by atoms with Crippen LogP contribution in [0.2, 0.25) is 0 Å². The first-order chi connectivity index (χ1) is 10.4. The minimum absolute atomic E-state index is 0.318. The molecule has 106 valence electrons. The van der Waals surface area contributed by atoms with E-state index in [1.54, 1.807) is 5.56 Å². The van der Waals surface area contributed by atoms with Crippen LogP contribution in [-0.4, -0.2) is 19.3 Å². The van der Waals surface area contributed by atoms with Crippen molar-refractivity contribution in [3.63, 3.8) is 0 Å². The van der Waals surface area contributed by atoms with Gasteiger partial charge in [0.2, 0.25) is 0 Å². The lowest BCUT2D eigenvalue weighted by Gasteiger charge is -2.40. The molecule has 1 heterocycles. The van der Waals surface area contributed by atoms with Gasteiger partial charge in [-0.25, -0.2) is 0 Å². The maximum atomic E-state index is 5.87. The lowest BCUT2D eigenvalue weighted by molar-refractivity contribution is 0.262. The molecule has 0 radical (unpaired) electrons. The molecule has 6 rings (SSSR count). The van der Waals surface area contributed by atoms with Gasteiger partial charge in [0.1, 0.15) is 18.5 Å². The maximum absolute atomic E-state index is 5.87. The summed E-state index contributed by atoms with van der Waals surface area (Å²) in [5.74, 6) is 2.14. The van der Waals surface area contributed by atoms with Crippen LogP contribution >= 0.6 is 0 Å². The molecule has 1 saturated heterocycles. The van der Waals surface area contributed by atoms with Crippen LogP contribution in [0.1, 0.15) is 46.9 Å². The van der Waals surface area contributed by atoms with Crippen molar-refractivity contribution < 1.29 is 9.47 Å². The molecule has 0 saturated carbocycles. The van der Waals surface area contributed by atoms with Crippen LogP contribution in [0.25, 0.3) is 0 Å². The molecule has 2 aromatic carbocycles. The summed E-state index contributed by atoms with van der Waals surface area (Å²) in [6.07, 6.45) is 2.87. The van der Waals surface area contributed by atoms with Crippen molar-refractivity contribution in [3.05, 3.63) is 64.7 Å². The Balaban J connectivity index is 1.54. The van der Waals surface area contributed by atoms with Gasteiger partial charge in [-0.05, 0) is 47.2 Å².